The molecule has 3 aromatic rings. The van der Waals surface area contributed by atoms with Crippen molar-refractivity contribution in [1.82, 2.24) is 20.4 Å². The Morgan fingerprint density at radius 2 is 1.68 bits per heavy atom. The minimum absolute atomic E-state index is 0.0319. The molecule has 4 amide bonds. The molecular formula is C43H54FN5O8. The van der Waals surface area contributed by atoms with Gasteiger partial charge in [0, 0.05) is 57.9 Å². The molecule has 0 radical (unpaired) electrons. The van der Waals surface area contributed by atoms with E-state index in [1.54, 1.807) is 27.7 Å². The van der Waals surface area contributed by atoms with E-state index < -0.39 is 47.6 Å². The number of rotatable bonds is 15. The summed E-state index contributed by atoms with van der Waals surface area (Å²) in [5.41, 5.74) is 1.89. The number of ether oxygens (including phenoxy) is 3. The Hall–Kier alpha value is -5.34. The van der Waals surface area contributed by atoms with Crippen LogP contribution in [0.1, 0.15) is 86.5 Å². The van der Waals surface area contributed by atoms with E-state index in [2.05, 4.69) is 16.0 Å². The molecule has 1 fully saturated rings. The van der Waals surface area contributed by atoms with Gasteiger partial charge in [-0.3, -0.25) is 24.2 Å². The molecule has 0 spiro atoms. The van der Waals surface area contributed by atoms with Crippen molar-refractivity contribution < 1.29 is 42.6 Å². The average molecular weight is 788 g/mol. The quantitative estimate of drug-likeness (QED) is 0.118. The maximum Gasteiger partial charge on any atom is 0.410 e. The highest BCUT2D eigenvalue weighted by atomic mass is 19.1. The van der Waals surface area contributed by atoms with E-state index in [9.17, 15) is 24.0 Å². The van der Waals surface area contributed by atoms with Gasteiger partial charge in [-0.15, -0.1) is 0 Å². The Bertz CT molecular complexity index is 1880. The lowest BCUT2D eigenvalue weighted by atomic mass is 9.90. The zero-order chi connectivity index (χ0) is 41.1. The molecule has 1 saturated heterocycles. The number of amides is 4. The van der Waals surface area contributed by atoms with Gasteiger partial charge in [-0.1, -0.05) is 54.6 Å². The monoisotopic (exact) mass is 787 g/mol. The van der Waals surface area contributed by atoms with Crippen LogP contribution in [0.5, 0.6) is 0 Å². The summed E-state index contributed by atoms with van der Waals surface area (Å²) in [4.78, 5) is 69.1. The number of anilines is 1. The number of fused-ring (bicyclic) bond motifs is 1. The summed E-state index contributed by atoms with van der Waals surface area (Å²) in [7, 11) is 1.52. The number of hydrogen-bond acceptors (Lipinski definition) is 9. The highest BCUT2D eigenvalue weighted by molar-refractivity contribution is 6.00. The van der Waals surface area contributed by atoms with Gasteiger partial charge in [0.1, 0.15) is 30.1 Å². The van der Waals surface area contributed by atoms with Gasteiger partial charge in [-0.2, -0.15) is 0 Å². The zero-order valence-corrected chi connectivity index (χ0v) is 33.3. The molecule has 3 aromatic carbocycles. The number of alkyl carbamates (subject to hydrolysis) is 1. The van der Waals surface area contributed by atoms with Gasteiger partial charge < -0.3 is 30.2 Å². The third kappa shape index (κ3) is 12.1. The summed E-state index contributed by atoms with van der Waals surface area (Å²) in [5, 5.41) is 8.54. The maximum absolute atomic E-state index is 15.3. The number of hydrogen-bond donors (Lipinski definition) is 3. The Morgan fingerprint density at radius 1 is 0.982 bits per heavy atom. The lowest BCUT2D eigenvalue weighted by Crippen LogP contribution is -2.55. The van der Waals surface area contributed by atoms with Crippen LogP contribution in [0.4, 0.5) is 19.7 Å². The van der Waals surface area contributed by atoms with Crippen molar-refractivity contribution in [3.05, 3.63) is 101 Å². The van der Waals surface area contributed by atoms with Crippen LogP contribution in [0.2, 0.25) is 0 Å². The summed E-state index contributed by atoms with van der Waals surface area (Å²) in [6.07, 6.45) is 0.576. The van der Waals surface area contributed by atoms with E-state index in [4.69, 9.17) is 14.2 Å². The van der Waals surface area contributed by atoms with E-state index in [1.807, 2.05) is 59.5 Å². The van der Waals surface area contributed by atoms with Gasteiger partial charge in [0.25, 0.3) is 0 Å². The Labute approximate surface area is 333 Å². The molecular weight excluding hydrogens is 733 g/mol. The molecule has 2 aliphatic rings. The second-order valence-corrected chi connectivity index (χ2v) is 15.6. The summed E-state index contributed by atoms with van der Waals surface area (Å²) >= 11 is 0. The summed E-state index contributed by atoms with van der Waals surface area (Å²) in [6.45, 7) is 9.00. The molecule has 0 aromatic heterocycles. The smallest absolute Gasteiger partial charge is 0.410 e. The molecule has 306 valence electrons. The topological polar surface area (TPSA) is 156 Å². The average Bonchev–Trinajstić information content (AvgIpc) is 3.56. The largest absolute Gasteiger partial charge is 0.445 e. The Balaban J connectivity index is 1.24. The van der Waals surface area contributed by atoms with Crippen molar-refractivity contribution >= 4 is 35.5 Å². The number of Topliss-reactive ketones (excluding diaryl/α,β-unsaturated/α-hetero) is 1. The highest BCUT2D eigenvalue weighted by Gasteiger charge is 2.39. The van der Waals surface area contributed by atoms with Crippen LogP contribution in [-0.4, -0.2) is 90.6 Å². The van der Waals surface area contributed by atoms with Crippen molar-refractivity contribution in [3.63, 3.8) is 0 Å². The fourth-order valence-electron chi connectivity index (χ4n) is 6.94. The van der Waals surface area contributed by atoms with Crippen LogP contribution in [0.25, 0.3) is 0 Å². The standard InChI is InChI=1S/C43H54FN5O8/c1-28(48(5)42(54)57-43(2,3)4)39(51)47-36(30-19-22-55-23-20-30)26-49-25-32-14-9-10-15-33(32)38(49)40(52)46-35-24-31(17-18-34(35)44)37(50)16-11-21-45-41(53)56-27-29-12-7-6-8-13-29/h6-10,12-15,17-18,24,28,30,36,38H,11,16,19-23,25-27H2,1-5H3,(H,45,53)(H,46,52)(H,47,51)/t28-,36+,38-/m0/s1. The van der Waals surface area contributed by atoms with Crippen LogP contribution in [0, 0.1) is 11.7 Å². The number of halogens is 1. The number of carbonyl (C=O) groups is 5. The third-order valence-electron chi connectivity index (χ3n) is 10.2. The van der Waals surface area contributed by atoms with Crippen LogP contribution < -0.4 is 16.0 Å². The molecule has 0 aliphatic carbocycles. The minimum Gasteiger partial charge on any atom is -0.445 e. The molecule has 0 saturated carbocycles. The molecule has 0 unspecified atom stereocenters. The van der Waals surface area contributed by atoms with Gasteiger partial charge in [-0.25, -0.2) is 14.0 Å². The molecule has 3 N–H and O–H groups in total. The molecule has 14 heteroatoms. The van der Waals surface area contributed by atoms with Gasteiger partial charge in [0.05, 0.1) is 5.69 Å². The number of carbonyl (C=O) groups excluding carboxylic acids is 5. The summed E-state index contributed by atoms with van der Waals surface area (Å²) < 4.78 is 31.6. The van der Waals surface area contributed by atoms with E-state index in [1.165, 1.54) is 24.1 Å². The van der Waals surface area contributed by atoms with Crippen LogP contribution in [-0.2, 0) is 37.0 Å². The summed E-state index contributed by atoms with van der Waals surface area (Å²) in [5.74, 6) is -1.79. The summed E-state index contributed by atoms with van der Waals surface area (Å²) in [6, 6.07) is 18.6. The van der Waals surface area contributed by atoms with E-state index in [0.29, 0.717) is 45.6 Å². The van der Waals surface area contributed by atoms with Crippen molar-refractivity contribution in [3.8, 4) is 0 Å². The molecule has 13 nitrogen and oxygen atoms in total. The normalized spacial score (nSPS) is 16.8. The lowest BCUT2D eigenvalue weighted by molar-refractivity contribution is -0.127. The molecule has 2 aliphatic heterocycles. The molecule has 57 heavy (non-hydrogen) atoms. The van der Waals surface area contributed by atoms with E-state index in [0.717, 1.165) is 22.8 Å². The lowest BCUT2D eigenvalue weighted by Gasteiger charge is -2.36. The third-order valence-corrected chi connectivity index (χ3v) is 10.2. The zero-order valence-electron chi connectivity index (χ0n) is 33.3. The van der Waals surface area contributed by atoms with Crippen molar-refractivity contribution in [1.29, 1.82) is 0 Å². The molecule has 2 heterocycles. The van der Waals surface area contributed by atoms with Crippen molar-refractivity contribution in [2.75, 3.05) is 38.7 Å². The fourth-order valence-corrected chi connectivity index (χ4v) is 6.94. The van der Waals surface area contributed by atoms with Gasteiger partial charge in [0.2, 0.25) is 11.8 Å². The maximum atomic E-state index is 15.3. The van der Waals surface area contributed by atoms with E-state index in [-0.39, 0.29) is 48.4 Å². The predicted octanol–water partition coefficient (Wildman–Crippen LogP) is 6.38. The Kier molecular flexibility index (Phi) is 14.8. The number of benzene rings is 3. The van der Waals surface area contributed by atoms with Crippen LogP contribution in [0.3, 0.4) is 0 Å². The van der Waals surface area contributed by atoms with Gasteiger partial charge in [0.15, 0.2) is 5.78 Å². The van der Waals surface area contributed by atoms with Crippen LogP contribution in [0.15, 0.2) is 72.8 Å². The van der Waals surface area contributed by atoms with E-state index >= 15 is 4.39 Å². The Morgan fingerprint density at radius 3 is 2.40 bits per heavy atom. The second kappa shape index (κ2) is 19.7. The molecule has 3 atom stereocenters. The first kappa shape index (κ1) is 42.8. The first-order valence-corrected chi connectivity index (χ1v) is 19.4. The minimum atomic E-state index is -0.840. The first-order chi connectivity index (χ1) is 27.2. The van der Waals surface area contributed by atoms with Crippen molar-refractivity contribution in [2.45, 2.75) is 90.3 Å². The fraction of sp³-hybridized carbons (Fsp3) is 0.465. The van der Waals surface area contributed by atoms with Gasteiger partial charge in [-0.05, 0) is 87.8 Å². The van der Waals surface area contributed by atoms with Crippen LogP contribution >= 0.6 is 0 Å². The number of likely N-dealkylation sites (N-methyl/N-ethyl adjacent to an activating group) is 1. The molecule has 0 bridgehead atoms. The first-order valence-electron chi connectivity index (χ1n) is 19.4. The van der Waals surface area contributed by atoms with Crippen molar-refractivity contribution in [2.24, 2.45) is 5.92 Å². The van der Waals surface area contributed by atoms with Gasteiger partial charge >= 0.3 is 12.2 Å². The molecule has 5 rings (SSSR count). The SMILES string of the molecule is C[C@@H](C(=O)N[C@H](CN1Cc2ccccc2[C@H]1C(=O)Nc1cc(C(=O)CCCNC(=O)OCc2ccccc2)ccc1F)C1CCOCC1)N(C)C(=O)OC(C)(C)C. The number of nitrogens with one attached hydrogen (secondary N) is 3. The predicted molar refractivity (Wildman–Crippen MR) is 212 cm³/mol. The highest BCUT2D eigenvalue weighted by Crippen LogP contribution is 2.36. The number of nitrogens with zero attached hydrogens (tertiary/aromatic N) is 2. The second-order valence-electron chi connectivity index (χ2n) is 15.6. The number of ketones is 1.